The molecule has 0 spiro atoms. The monoisotopic (exact) mass is 421 g/mol. The highest BCUT2D eigenvalue weighted by molar-refractivity contribution is 8.00. The SMILES string of the molecule is CCOC(=O)c1ccc(NC(=O)C(CC)Sc2nc(CCSC)c(C)[nH]2)cc1. The van der Waals surface area contributed by atoms with Crippen molar-refractivity contribution in [3.05, 3.63) is 41.2 Å². The molecular weight excluding hydrogens is 394 g/mol. The molecule has 0 aliphatic carbocycles. The minimum Gasteiger partial charge on any atom is -0.462 e. The number of nitrogens with zero attached hydrogens (tertiary/aromatic N) is 1. The largest absolute Gasteiger partial charge is 0.462 e. The van der Waals surface area contributed by atoms with Crippen molar-refractivity contribution in [1.29, 1.82) is 0 Å². The molecule has 2 aromatic rings. The van der Waals surface area contributed by atoms with Gasteiger partial charge in [0.15, 0.2) is 5.16 Å². The minimum atomic E-state index is -0.368. The van der Waals surface area contributed by atoms with E-state index >= 15 is 0 Å². The second kappa shape index (κ2) is 11.2. The van der Waals surface area contributed by atoms with E-state index in [0.717, 1.165) is 28.7 Å². The van der Waals surface area contributed by atoms with Gasteiger partial charge in [-0.25, -0.2) is 9.78 Å². The van der Waals surface area contributed by atoms with Gasteiger partial charge in [0.1, 0.15) is 0 Å². The molecule has 0 radical (unpaired) electrons. The normalized spacial score (nSPS) is 11.9. The predicted molar refractivity (Wildman–Crippen MR) is 116 cm³/mol. The molecule has 1 aromatic carbocycles. The first-order valence-corrected chi connectivity index (χ1v) is 11.5. The zero-order valence-corrected chi connectivity index (χ0v) is 18.3. The number of esters is 1. The number of carbonyl (C=O) groups excluding carboxylic acids is 2. The number of aromatic amines is 1. The number of hydrogen-bond donors (Lipinski definition) is 2. The second-order valence-electron chi connectivity index (χ2n) is 6.16. The molecule has 0 fully saturated rings. The van der Waals surface area contributed by atoms with Crippen LogP contribution in [-0.4, -0.2) is 45.7 Å². The maximum atomic E-state index is 12.7. The third-order valence-corrected chi connectivity index (χ3v) is 5.95. The Kier molecular flexibility index (Phi) is 8.92. The maximum Gasteiger partial charge on any atom is 0.338 e. The van der Waals surface area contributed by atoms with Gasteiger partial charge in [-0.2, -0.15) is 11.8 Å². The number of amides is 1. The number of thioether (sulfide) groups is 2. The highest BCUT2D eigenvalue weighted by Crippen LogP contribution is 2.26. The first-order valence-electron chi connectivity index (χ1n) is 9.27. The molecule has 152 valence electrons. The molecule has 8 heteroatoms. The first-order chi connectivity index (χ1) is 13.5. The summed E-state index contributed by atoms with van der Waals surface area (Å²) >= 11 is 3.23. The van der Waals surface area contributed by atoms with Gasteiger partial charge in [-0.05, 0) is 56.5 Å². The number of hydrogen-bond acceptors (Lipinski definition) is 6. The summed E-state index contributed by atoms with van der Waals surface area (Å²) in [7, 11) is 0. The predicted octanol–water partition coefficient (Wildman–Crippen LogP) is 4.31. The van der Waals surface area contributed by atoms with E-state index in [0.29, 0.717) is 24.3 Å². The number of rotatable bonds is 10. The van der Waals surface area contributed by atoms with Crippen LogP contribution in [0.2, 0.25) is 0 Å². The zero-order valence-electron chi connectivity index (χ0n) is 16.7. The van der Waals surface area contributed by atoms with Crippen LogP contribution < -0.4 is 5.32 Å². The molecule has 28 heavy (non-hydrogen) atoms. The lowest BCUT2D eigenvalue weighted by Gasteiger charge is -2.13. The number of nitrogens with one attached hydrogen (secondary N) is 2. The fourth-order valence-corrected chi connectivity index (χ4v) is 3.92. The topological polar surface area (TPSA) is 84.1 Å². The molecule has 1 heterocycles. The van der Waals surface area contributed by atoms with E-state index in [4.69, 9.17) is 4.74 Å². The van der Waals surface area contributed by atoms with Crippen LogP contribution in [0.5, 0.6) is 0 Å². The molecule has 1 aromatic heterocycles. The smallest absolute Gasteiger partial charge is 0.338 e. The first kappa shape index (κ1) is 22.4. The Morgan fingerprint density at radius 1 is 1.25 bits per heavy atom. The standard InChI is InChI=1S/C20H27N3O3S2/c1-5-17(28-20-21-13(3)16(23-20)11-12-27-4)18(24)22-15-9-7-14(8-10-15)19(25)26-6-2/h7-10,17H,5-6,11-12H2,1-4H3,(H,21,23)(H,22,24). The number of ether oxygens (including phenoxy) is 1. The Morgan fingerprint density at radius 3 is 2.57 bits per heavy atom. The van der Waals surface area contributed by atoms with Crippen molar-refractivity contribution in [2.45, 2.75) is 44.0 Å². The summed E-state index contributed by atoms with van der Waals surface area (Å²) in [4.78, 5) is 32.3. The number of anilines is 1. The molecule has 2 rings (SSSR count). The van der Waals surface area contributed by atoms with Crippen molar-refractivity contribution in [2.24, 2.45) is 0 Å². The van der Waals surface area contributed by atoms with E-state index in [1.807, 2.05) is 13.8 Å². The van der Waals surface area contributed by atoms with Gasteiger partial charge in [0.25, 0.3) is 0 Å². The molecular formula is C20H27N3O3S2. The molecule has 0 saturated carbocycles. The summed E-state index contributed by atoms with van der Waals surface area (Å²) in [5, 5.41) is 3.42. The van der Waals surface area contributed by atoms with Gasteiger partial charge in [-0.3, -0.25) is 4.79 Å². The van der Waals surface area contributed by atoms with Gasteiger partial charge < -0.3 is 15.0 Å². The Morgan fingerprint density at radius 2 is 1.96 bits per heavy atom. The van der Waals surface area contributed by atoms with E-state index in [9.17, 15) is 9.59 Å². The maximum absolute atomic E-state index is 12.7. The molecule has 1 amide bonds. The molecule has 0 saturated heterocycles. The fourth-order valence-electron chi connectivity index (χ4n) is 2.55. The zero-order chi connectivity index (χ0) is 20.5. The van der Waals surface area contributed by atoms with Gasteiger partial charge >= 0.3 is 5.97 Å². The number of aromatic nitrogens is 2. The summed E-state index contributed by atoms with van der Waals surface area (Å²) in [6, 6.07) is 6.71. The summed E-state index contributed by atoms with van der Waals surface area (Å²) in [5.74, 6) is 0.568. The second-order valence-corrected chi connectivity index (χ2v) is 8.34. The minimum absolute atomic E-state index is 0.0869. The van der Waals surface area contributed by atoms with Crippen LogP contribution in [0.3, 0.4) is 0 Å². The Hall–Kier alpha value is -1.93. The Bertz CT molecular complexity index is 790. The molecule has 0 aliphatic heterocycles. The van der Waals surface area contributed by atoms with E-state index in [2.05, 4.69) is 21.5 Å². The van der Waals surface area contributed by atoms with Gasteiger partial charge in [-0.15, -0.1) is 0 Å². The van der Waals surface area contributed by atoms with Crippen LogP contribution in [-0.2, 0) is 16.0 Å². The van der Waals surface area contributed by atoms with Crippen LogP contribution in [0, 0.1) is 6.92 Å². The van der Waals surface area contributed by atoms with Crippen molar-refractivity contribution >= 4 is 41.1 Å². The van der Waals surface area contributed by atoms with Crippen LogP contribution in [0.25, 0.3) is 0 Å². The summed E-state index contributed by atoms with van der Waals surface area (Å²) in [5.41, 5.74) is 3.22. The van der Waals surface area contributed by atoms with Crippen molar-refractivity contribution in [3.63, 3.8) is 0 Å². The highest BCUT2D eigenvalue weighted by atomic mass is 32.2. The Balaban J connectivity index is 1.98. The van der Waals surface area contributed by atoms with Gasteiger partial charge in [-0.1, -0.05) is 18.7 Å². The molecule has 1 unspecified atom stereocenters. The van der Waals surface area contributed by atoms with Crippen molar-refractivity contribution in [2.75, 3.05) is 23.9 Å². The molecule has 1 atom stereocenters. The van der Waals surface area contributed by atoms with E-state index in [1.54, 1.807) is 43.0 Å². The third kappa shape index (κ3) is 6.31. The van der Waals surface area contributed by atoms with E-state index in [1.165, 1.54) is 11.8 Å². The number of carbonyl (C=O) groups is 2. The summed E-state index contributed by atoms with van der Waals surface area (Å²) < 4.78 is 4.97. The quantitative estimate of drug-likeness (QED) is 0.439. The van der Waals surface area contributed by atoms with Crippen molar-refractivity contribution < 1.29 is 14.3 Å². The van der Waals surface area contributed by atoms with Gasteiger partial charge in [0.05, 0.1) is 23.1 Å². The van der Waals surface area contributed by atoms with Crippen LogP contribution in [0.1, 0.15) is 42.0 Å². The molecule has 2 N–H and O–H groups in total. The number of aryl methyl sites for hydroxylation is 2. The molecule has 0 bridgehead atoms. The summed E-state index contributed by atoms with van der Waals surface area (Å²) in [6.07, 6.45) is 3.67. The van der Waals surface area contributed by atoms with Crippen LogP contribution in [0.15, 0.2) is 29.4 Å². The highest BCUT2D eigenvalue weighted by Gasteiger charge is 2.20. The lowest BCUT2D eigenvalue weighted by molar-refractivity contribution is -0.115. The van der Waals surface area contributed by atoms with Gasteiger partial charge in [0, 0.05) is 17.8 Å². The number of benzene rings is 1. The average molecular weight is 422 g/mol. The average Bonchev–Trinajstić information content (AvgIpc) is 3.04. The lowest BCUT2D eigenvalue weighted by atomic mass is 10.2. The number of imidazole rings is 1. The third-order valence-electron chi connectivity index (χ3n) is 4.09. The molecule has 0 aliphatic rings. The summed E-state index contributed by atoms with van der Waals surface area (Å²) in [6.45, 7) is 6.09. The fraction of sp³-hybridized carbons (Fsp3) is 0.450. The van der Waals surface area contributed by atoms with Crippen molar-refractivity contribution in [3.8, 4) is 0 Å². The Labute approximate surface area is 174 Å². The van der Waals surface area contributed by atoms with Crippen LogP contribution >= 0.6 is 23.5 Å². The van der Waals surface area contributed by atoms with Crippen LogP contribution in [0.4, 0.5) is 5.69 Å². The lowest BCUT2D eigenvalue weighted by Crippen LogP contribution is -2.24. The number of H-pyrrole nitrogens is 1. The van der Waals surface area contributed by atoms with Crippen molar-refractivity contribution in [1.82, 2.24) is 9.97 Å². The van der Waals surface area contributed by atoms with E-state index in [-0.39, 0.29) is 17.1 Å². The van der Waals surface area contributed by atoms with E-state index < -0.39 is 0 Å². The van der Waals surface area contributed by atoms with Gasteiger partial charge in [0.2, 0.25) is 5.91 Å². The molecule has 6 nitrogen and oxygen atoms in total.